The van der Waals surface area contributed by atoms with Gasteiger partial charge in [-0.15, -0.1) is 0 Å². The molecule has 0 spiro atoms. The number of hydrogen-bond donors (Lipinski definition) is 2. The van der Waals surface area contributed by atoms with Gasteiger partial charge in [-0.25, -0.2) is 0 Å². The molecule has 11 heavy (non-hydrogen) atoms. The number of carbonyl (C=O) groups excluding carboxylic acids is 1. The molecule has 0 aromatic carbocycles. The normalized spacial score (nSPS) is 30.5. The first-order chi connectivity index (χ1) is 5.36. The van der Waals surface area contributed by atoms with Crippen molar-refractivity contribution in [2.75, 3.05) is 6.54 Å². The molecule has 0 aliphatic carbocycles. The van der Waals surface area contributed by atoms with E-state index < -0.39 is 0 Å². The van der Waals surface area contributed by atoms with E-state index in [-0.39, 0.29) is 12.1 Å². The summed E-state index contributed by atoms with van der Waals surface area (Å²) in [4.78, 5) is 11.0. The number of hydrogen-bond acceptors (Lipinski definition) is 3. The average molecular weight is 153 g/mol. The van der Waals surface area contributed by atoms with E-state index in [2.05, 4.69) is 10.7 Å². The first kappa shape index (κ1) is 6.67. The van der Waals surface area contributed by atoms with Crippen molar-refractivity contribution in [3.63, 3.8) is 0 Å². The van der Waals surface area contributed by atoms with Gasteiger partial charge in [0.15, 0.2) is 0 Å². The van der Waals surface area contributed by atoms with Crippen LogP contribution in [0.4, 0.5) is 0 Å². The molecule has 0 saturated carbocycles. The molecule has 2 aliphatic heterocycles. The molecule has 1 saturated heterocycles. The molecule has 1 fully saturated rings. The first-order valence-electron chi connectivity index (χ1n) is 3.85. The maximum absolute atomic E-state index is 11.0. The number of hydrazine groups is 1. The second-order valence-corrected chi connectivity index (χ2v) is 2.80. The van der Waals surface area contributed by atoms with Crippen LogP contribution in [0.5, 0.6) is 0 Å². The van der Waals surface area contributed by atoms with Gasteiger partial charge in [0, 0.05) is 19.2 Å². The van der Waals surface area contributed by atoms with Crippen LogP contribution >= 0.6 is 0 Å². The Kier molecular flexibility index (Phi) is 1.54. The van der Waals surface area contributed by atoms with Crippen LogP contribution in [0.1, 0.15) is 12.8 Å². The molecule has 4 nitrogen and oxygen atoms in total. The first-order valence-corrected chi connectivity index (χ1v) is 3.85. The number of nitrogens with one attached hydrogen (secondary N) is 2. The number of amides is 1. The lowest BCUT2D eigenvalue weighted by Gasteiger charge is -2.20. The molecule has 0 bridgehead atoms. The number of fused-ring (bicyclic) bond motifs is 1. The smallest absolute Gasteiger partial charge is 0.221 e. The highest BCUT2D eigenvalue weighted by atomic mass is 16.1. The fourth-order valence-electron chi connectivity index (χ4n) is 1.39. The van der Waals surface area contributed by atoms with Crippen LogP contribution in [0.15, 0.2) is 12.3 Å². The van der Waals surface area contributed by atoms with Gasteiger partial charge in [-0.2, -0.15) is 5.01 Å². The van der Waals surface area contributed by atoms with Crippen LogP contribution < -0.4 is 10.7 Å². The summed E-state index contributed by atoms with van der Waals surface area (Å²) in [6.07, 6.45) is 5.45. The van der Waals surface area contributed by atoms with E-state index in [1.54, 1.807) is 0 Å². The molecule has 60 valence electrons. The second-order valence-electron chi connectivity index (χ2n) is 2.80. The van der Waals surface area contributed by atoms with Gasteiger partial charge < -0.3 is 10.7 Å². The van der Waals surface area contributed by atoms with Crippen molar-refractivity contribution in [1.29, 1.82) is 0 Å². The summed E-state index contributed by atoms with van der Waals surface area (Å²) in [5.41, 5.74) is 3.06. The van der Waals surface area contributed by atoms with Gasteiger partial charge >= 0.3 is 0 Å². The van der Waals surface area contributed by atoms with Crippen LogP contribution in [-0.2, 0) is 4.79 Å². The summed E-state index contributed by atoms with van der Waals surface area (Å²) in [6, 6.07) is 0. The Balaban J connectivity index is 2.08. The molecule has 1 unspecified atom stereocenters. The minimum Gasteiger partial charge on any atom is -0.336 e. The van der Waals surface area contributed by atoms with Crippen LogP contribution in [0.2, 0.25) is 0 Å². The van der Waals surface area contributed by atoms with Crippen LogP contribution in [-0.4, -0.2) is 23.6 Å². The van der Waals surface area contributed by atoms with Crippen molar-refractivity contribution in [1.82, 2.24) is 15.8 Å². The lowest BCUT2D eigenvalue weighted by molar-refractivity contribution is -0.121. The predicted molar refractivity (Wildman–Crippen MR) is 40.1 cm³/mol. The summed E-state index contributed by atoms with van der Waals surface area (Å²) >= 11 is 0. The Morgan fingerprint density at radius 3 is 3.45 bits per heavy atom. The lowest BCUT2D eigenvalue weighted by Crippen LogP contribution is -2.45. The monoisotopic (exact) mass is 153 g/mol. The van der Waals surface area contributed by atoms with Crippen LogP contribution in [0, 0.1) is 0 Å². The molecule has 2 N–H and O–H groups in total. The molecule has 4 heteroatoms. The summed E-state index contributed by atoms with van der Waals surface area (Å²) in [5.74, 6) is 0.144. The Labute approximate surface area is 65.2 Å². The van der Waals surface area contributed by atoms with E-state index in [4.69, 9.17) is 0 Å². The molecule has 1 amide bonds. The number of nitrogens with zero attached hydrogens (tertiary/aromatic N) is 1. The van der Waals surface area contributed by atoms with Gasteiger partial charge in [-0.3, -0.25) is 4.79 Å². The van der Waals surface area contributed by atoms with Crippen molar-refractivity contribution in [3.8, 4) is 0 Å². The SMILES string of the molecule is O=C1CCCN2NC=CC2N1. The largest absolute Gasteiger partial charge is 0.336 e. The van der Waals surface area contributed by atoms with E-state index >= 15 is 0 Å². The second kappa shape index (κ2) is 2.54. The zero-order valence-electron chi connectivity index (χ0n) is 6.21. The zero-order valence-corrected chi connectivity index (χ0v) is 6.21. The van der Waals surface area contributed by atoms with E-state index in [0.717, 1.165) is 13.0 Å². The molecule has 0 aromatic rings. The van der Waals surface area contributed by atoms with E-state index in [9.17, 15) is 4.79 Å². The highest BCUT2D eigenvalue weighted by Gasteiger charge is 2.23. The minimum atomic E-state index is 0.0741. The molecule has 0 radical (unpaired) electrons. The van der Waals surface area contributed by atoms with Crippen molar-refractivity contribution in [2.24, 2.45) is 0 Å². The van der Waals surface area contributed by atoms with Gasteiger partial charge in [0.25, 0.3) is 0 Å². The minimum absolute atomic E-state index is 0.0741. The standard InChI is InChI=1S/C7H11N3O/c11-7-2-1-5-10-6(9-7)3-4-8-10/h3-4,6,8H,1-2,5H2,(H,9,11). The van der Waals surface area contributed by atoms with Crippen LogP contribution in [0.25, 0.3) is 0 Å². The van der Waals surface area contributed by atoms with Gasteiger partial charge in [-0.05, 0) is 12.5 Å². The molecule has 1 atom stereocenters. The Hall–Kier alpha value is -1.03. The molecule has 0 aromatic heterocycles. The maximum atomic E-state index is 11.0. The summed E-state index contributed by atoms with van der Waals surface area (Å²) in [7, 11) is 0. The van der Waals surface area contributed by atoms with Crippen molar-refractivity contribution in [3.05, 3.63) is 12.3 Å². The average Bonchev–Trinajstić information content (AvgIpc) is 2.31. The lowest BCUT2D eigenvalue weighted by atomic mass is 10.3. The van der Waals surface area contributed by atoms with Gasteiger partial charge in [0.2, 0.25) is 5.91 Å². The zero-order chi connectivity index (χ0) is 7.68. The molecular weight excluding hydrogens is 142 g/mol. The van der Waals surface area contributed by atoms with E-state index in [1.165, 1.54) is 0 Å². The topological polar surface area (TPSA) is 44.4 Å². The van der Waals surface area contributed by atoms with Gasteiger partial charge in [0.05, 0.1) is 0 Å². The van der Waals surface area contributed by atoms with Crippen LogP contribution in [0.3, 0.4) is 0 Å². The Morgan fingerprint density at radius 2 is 2.55 bits per heavy atom. The Bertz CT molecular complexity index is 202. The molecular formula is C7H11N3O. The van der Waals surface area contributed by atoms with Crippen molar-refractivity contribution in [2.45, 2.75) is 19.0 Å². The fourth-order valence-corrected chi connectivity index (χ4v) is 1.39. The highest BCUT2D eigenvalue weighted by molar-refractivity contribution is 5.76. The van der Waals surface area contributed by atoms with E-state index in [1.807, 2.05) is 17.3 Å². The summed E-state index contributed by atoms with van der Waals surface area (Å²) in [6.45, 7) is 0.927. The molecule has 2 aliphatic rings. The third-order valence-electron chi connectivity index (χ3n) is 1.97. The van der Waals surface area contributed by atoms with Gasteiger partial charge in [0.1, 0.15) is 6.17 Å². The quantitative estimate of drug-likeness (QED) is 0.495. The number of carbonyl (C=O) groups is 1. The fraction of sp³-hybridized carbons (Fsp3) is 0.571. The Morgan fingerprint density at radius 1 is 1.64 bits per heavy atom. The predicted octanol–water partition coefficient (Wildman–Crippen LogP) is -0.444. The van der Waals surface area contributed by atoms with Crippen molar-refractivity contribution >= 4 is 5.91 Å². The highest BCUT2D eigenvalue weighted by Crippen LogP contribution is 2.08. The third-order valence-corrected chi connectivity index (χ3v) is 1.97. The van der Waals surface area contributed by atoms with Crippen molar-refractivity contribution < 1.29 is 4.79 Å². The summed E-state index contributed by atoms with van der Waals surface area (Å²) in [5, 5.41) is 4.90. The summed E-state index contributed by atoms with van der Waals surface area (Å²) < 4.78 is 0. The van der Waals surface area contributed by atoms with E-state index in [0.29, 0.717) is 6.42 Å². The number of rotatable bonds is 0. The third kappa shape index (κ3) is 1.21. The van der Waals surface area contributed by atoms with Gasteiger partial charge in [-0.1, -0.05) is 0 Å². The maximum Gasteiger partial charge on any atom is 0.221 e. The molecule has 2 heterocycles. The molecule has 2 rings (SSSR count).